The van der Waals surface area contributed by atoms with Crippen molar-refractivity contribution in [3.05, 3.63) is 262 Å². The van der Waals surface area contributed by atoms with Gasteiger partial charge in [0, 0.05) is 45.0 Å². The predicted molar refractivity (Wildman–Crippen MR) is 291 cm³/mol. The summed E-state index contributed by atoms with van der Waals surface area (Å²) in [6, 6.07) is 75.7. The summed E-state index contributed by atoms with van der Waals surface area (Å²) in [6.07, 6.45) is 8.96. The molecule has 2 aliphatic rings. The molecule has 9 aromatic carbocycles. The minimum Gasteiger partial charge on any atom is -0.310 e. The number of benzene rings is 9. The molecule has 330 valence electrons. The molecule has 0 spiro atoms. The summed E-state index contributed by atoms with van der Waals surface area (Å²) in [7, 11) is 0. The molecule has 0 fully saturated rings. The Kier molecular flexibility index (Phi) is 10.7. The lowest BCUT2D eigenvalue weighted by molar-refractivity contribution is 0.660. The van der Waals surface area contributed by atoms with Gasteiger partial charge in [-0.1, -0.05) is 185 Å². The zero-order chi connectivity index (χ0) is 46.6. The van der Waals surface area contributed by atoms with Gasteiger partial charge in [0.2, 0.25) is 0 Å². The highest BCUT2D eigenvalue weighted by Gasteiger charge is 2.37. The van der Waals surface area contributed by atoms with Crippen molar-refractivity contribution in [3.8, 4) is 22.3 Å². The number of nitrogens with zero attached hydrogens (tertiary/aromatic N) is 2. The van der Waals surface area contributed by atoms with Crippen LogP contribution in [0.5, 0.6) is 0 Å². The summed E-state index contributed by atoms with van der Waals surface area (Å²) >= 11 is 0. The van der Waals surface area contributed by atoms with E-state index in [0.29, 0.717) is 0 Å². The first-order chi connectivity index (χ1) is 33.0. The standard InChI is InChI=1S/C66H56N2/c1-45-15-13-21-53(39-45)68(54-22-14-16-46(2)40-54)56-34-38-60-58-36-32-50(42-62(58)66(5,6)64(60)44-56)30-28-48-25-23-47(24-26-48)27-29-49-31-35-57-59-37-33-55(43-63(59)65(3,4)61(57)41-49)67(51-17-9-7-10-18-51)52-19-11-8-12-20-52/h7-44H,1-6H3. The van der Waals surface area contributed by atoms with Gasteiger partial charge in [0.15, 0.2) is 0 Å². The fraction of sp³-hybridized carbons (Fsp3) is 0.121. The van der Waals surface area contributed by atoms with E-state index in [4.69, 9.17) is 0 Å². The van der Waals surface area contributed by atoms with Gasteiger partial charge >= 0.3 is 0 Å². The third kappa shape index (κ3) is 7.76. The molecule has 11 rings (SSSR count). The predicted octanol–water partition coefficient (Wildman–Crippen LogP) is 18.2. The van der Waals surface area contributed by atoms with Gasteiger partial charge in [-0.2, -0.15) is 0 Å². The van der Waals surface area contributed by atoms with E-state index in [-0.39, 0.29) is 10.8 Å². The zero-order valence-corrected chi connectivity index (χ0v) is 39.8. The molecule has 0 aliphatic heterocycles. The summed E-state index contributed by atoms with van der Waals surface area (Å²) < 4.78 is 0. The molecule has 0 N–H and O–H groups in total. The van der Waals surface area contributed by atoms with Crippen LogP contribution in [0.2, 0.25) is 0 Å². The number of hydrogen-bond donors (Lipinski definition) is 0. The fourth-order valence-electron chi connectivity index (χ4n) is 10.7. The van der Waals surface area contributed by atoms with Crippen LogP contribution in [-0.2, 0) is 10.8 Å². The normalized spacial score (nSPS) is 13.9. The number of para-hydroxylation sites is 2. The summed E-state index contributed by atoms with van der Waals surface area (Å²) in [5.41, 5.74) is 24.6. The Hall–Kier alpha value is -7.94. The number of aryl methyl sites for hydroxylation is 2. The molecule has 9 aromatic rings. The Morgan fingerprint density at radius 3 is 0.985 bits per heavy atom. The molecule has 0 heterocycles. The molecule has 0 saturated carbocycles. The SMILES string of the molecule is Cc1cccc(N(c2cccc(C)c2)c2ccc3c(c2)C(C)(C)c2cc(C=Cc4ccc(C=Cc5ccc6c(c5)C(C)(C)c5cc(N(c7ccccc7)c7ccccc7)ccc5-6)cc4)ccc2-3)c1. The Balaban J connectivity index is 0.799. The first kappa shape index (κ1) is 42.7. The number of fused-ring (bicyclic) bond motifs is 6. The molecule has 0 aromatic heterocycles. The third-order valence-electron chi connectivity index (χ3n) is 14.3. The van der Waals surface area contributed by atoms with Gasteiger partial charge in [0.25, 0.3) is 0 Å². The monoisotopic (exact) mass is 876 g/mol. The van der Waals surface area contributed by atoms with Crippen molar-refractivity contribution >= 4 is 58.4 Å². The van der Waals surface area contributed by atoms with Crippen LogP contribution < -0.4 is 9.80 Å². The van der Waals surface area contributed by atoms with E-state index in [9.17, 15) is 0 Å². The van der Waals surface area contributed by atoms with Gasteiger partial charge in [-0.05, 0) is 165 Å². The van der Waals surface area contributed by atoms with Crippen molar-refractivity contribution in [2.75, 3.05) is 9.80 Å². The summed E-state index contributed by atoms with van der Waals surface area (Å²) in [5, 5.41) is 0. The Bertz CT molecular complexity index is 3320. The van der Waals surface area contributed by atoms with Crippen LogP contribution in [0.3, 0.4) is 0 Å². The van der Waals surface area contributed by atoms with E-state index >= 15 is 0 Å². The van der Waals surface area contributed by atoms with Crippen molar-refractivity contribution in [2.45, 2.75) is 52.4 Å². The van der Waals surface area contributed by atoms with E-state index in [1.54, 1.807) is 0 Å². The highest BCUT2D eigenvalue weighted by Crippen LogP contribution is 2.53. The summed E-state index contributed by atoms with van der Waals surface area (Å²) in [4.78, 5) is 4.74. The van der Waals surface area contributed by atoms with Crippen LogP contribution in [0.4, 0.5) is 34.1 Å². The van der Waals surface area contributed by atoms with Crippen LogP contribution in [0.15, 0.2) is 206 Å². The second kappa shape index (κ2) is 17.0. The molecule has 0 saturated heterocycles. The molecule has 2 aliphatic carbocycles. The van der Waals surface area contributed by atoms with E-state index in [1.165, 1.54) is 95.0 Å². The molecule has 0 bridgehead atoms. The van der Waals surface area contributed by atoms with Crippen molar-refractivity contribution in [3.63, 3.8) is 0 Å². The van der Waals surface area contributed by atoms with Crippen LogP contribution >= 0.6 is 0 Å². The summed E-state index contributed by atoms with van der Waals surface area (Å²) in [5.74, 6) is 0. The van der Waals surface area contributed by atoms with E-state index in [2.05, 4.69) is 282 Å². The molecule has 0 amide bonds. The van der Waals surface area contributed by atoms with Gasteiger partial charge in [-0.15, -0.1) is 0 Å². The van der Waals surface area contributed by atoms with Gasteiger partial charge in [0.05, 0.1) is 0 Å². The van der Waals surface area contributed by atoms with Gasteiger partial charge in [0.1, 0.15) is 0 Å². The second-order valence-electron chi connectivity index (χ2n) is 19.7. The fourth-order valence-corrected chi connectivity index (χ4v) is 10.7. The second-order valence-corrected chi connectivity index (χ2v) is 19.7. The van der Waals surface area contributed by atoms with Crippen LogP contribution in [0, 0.1) is 13.8 Å². The molecular weight excluding hydrogens is 821 g/mol. The number of anilines is 6. The van der Waals surface area contributed by atoms with Crippen molar-refractivity contribution in [2.24, 2.45) is 0 Å². The smallest absolute Gasteiger partial charge is 0.0465 e. The van der Waals surface area contributed by atoms with Crippen LogP contribution in [0.1, 0.15) is 83.3 Å². The number of hydrogen-bond acceptors (Lipinski definition) is 2. The Morgan fingerprint density at radius 1 is 0.279 bits per heavy atom. The van der Waals surface area contributed by atoms with Crippen molar-refractivity contribution in [1.82, 2.24) is 0 Å². The average molecular weight is 877 g/mol. The molecule has 2 heteroatoms. The minimum atomic E-state index is -0.154. The van der Waals surface area contributed by atoms with Crippen LogP contribution in [-0.4, -0.2) is 0 Å². The quantitative estimate of drug-likeness (QED) is 0.126. The van der Waals surface area contributed by atoms with Crippen LogP contribution in [0.25, 0.3) is 46.6 Å². The molecule has 2 nitrogen and oxygen atoms in total. The lowest BCUT2D eigenvalue weighted by Gasteiger charge is -2.28. The molecule has 0 radical (unpaired) electrons. The topological polar surface area (TPSA) is 6.48 Å². The maximum atomic E-state index is 2.41. The highest BCUT2D eigenvalue weighted by molar-refractivity contribution is 5.89. The molecule has 0 unspecified atom stereocenters. The molecular formula is C66H56N2. The van der Waals surface area contributed by atoms with Crippen molar-refractivity contribution in [1.29, 1.82) is 0 Å². The lowest BCUT2D eigenvalue weighted by Crippen LogP contribution is -2.16. The largest absolute Gasteiger partial charge is 0.310 e. The first-order valence-corrected chi connectivity index (χ1v) is 23.9. The highest BCUT2D eigenvalue weighted by atomic mass is 15.1. The minimum absolute atomic E-state index is 0.148. The first-order valence-electron chi connectivity index (χ1n) is 23.9. The third-order valence-corrected chi connectivity index (χ3v) is 14.3. The van der Waals surface area contributed by atoms with Gasteiger partial charge in [-0.25, -0.2) is 0 Å². The van der Waals surface area contributed by atoms with Gasteiger partial charge in [-0.3, -0.25) is 0 Å². The van der Waals surface area contributed by atoms with E-state index in [1.807, 2.05) is 0 Å². The molecule has 0 atom stereocenters. The van der Waals surface area contributed by atoms with E-state index < -0.39 is 0 Å². The summed E-state index contributed by atoms with van der Waals surface area (Å²) in [6.45, 7) is 13.8. The number of rotatable bonds is 10. The average Bonchev–Trinajstić information content (AvgIpc) is 3.72. The maximum absolute atomic E-state index is 2.41. The maximum Gasteiger partial charge on any atom is 0.0465 e. The van der Waals surface area contributed by atoms with Crippen molar-refractivity contribution < 1.29 is 0 Å². The molecule has 68 heavy (non-hydrogen) atoms. The van der Waals surface area contributed by atoms with Gasteiger partial charge < -0.3 is 9.80 Å². The lowest BCUT2D eigenvalue weighted by atomic mass is 9.81. The zero-order valence-electron chi connectivity index (χ0n) is 39.8. The van der Waals surface area contributed by atoms with E-state index in [0.717, 1.165) is 17.1 Å². The Labute approximate surface area is 402 Å². The Morgan fingerprint density at radius 2 is 0.588 bits per heavy atom.